The van der Waals surface area contributed by atoms with Gasteiger partial charge in [0.1, 0.15) is 0 Å². The number of nitrogens with zero attached hydrogens (tertiary/aromatic N) is 1. The van der Waals surface area contributed by atoms with Crippen LogP contribution in [0, 0.1) is 0 Å². The first-order chi connectivity index (χ1) is 12.9. The Morgan fingerprint density at radius 2 is 1.56 bits per heavy atom. The van der Waals surface area contributed by atoms with E-state index in [-0.39, 0.29) is 24.1 Å². The average Bonchev–Trinajstić information content (AvgIpc) is 2.68. The van der Waals surface area contributed by atoms with Crippen molar-refractivity contribution in [2.75, 3.05) is 30.3 Å². The van der Waals surface area contributed by atoms with Gasteiger partial charge >= 0.3 is 0 Å². The summed E-state index contributed by atoms with van der Waals surface area (Å²) in [6.07, 6.45) is 0. The predicted octanol–water partition coefficient (Wildman–Crippen LogP) is 3.42. The summed E-state index contributed by atoms with van der Waals surface area (Å²) in [5.41, 5.74) is 2.51. The van der Waals surface area contributed by atoms with E-state index in [0.717, 1.165) is 0 Å². The van der Waals surface area contributed by atoms with Crippen molar-refractivity contribution >= 4 is 29.0 Å². The Bertz CT molecular complexity index is 812. The fraction of sp³-hybridized carbons (Fsp3) is 0.286. The predicted molar refractivity (Wildman–Crippen MR) is 107 cm³/mol. The lowest BCUT2D eigenvalue weighted by atomic mass is 10.1. The summed E-state index contributed by atoms with van der Waals surface area (Å²) in [6, 6.07) is 13.9. The fourth-order valence-corrected chi connectivity index (χ4v) is 2.63. The van der Waals surface area contributed by atoms with Crippen LogP contribution in [0.2, 0.25) is 0 Å². The van der Waals surface area contributed by atoms with E-state index in [4.69, 9.17) is 0 Å². The van der Waals surface area contributed by atoms with Crippen LogP contribution in [-0.4, -0.2) is 42.1 Å². The third-order valence-electron chi connectivity index (χ3n) is 4.19. The zero-order valence-electron chi connectivity index (χ0n) is 15.9. The number of amides is 2. The molecule has 2 N–H and O–H groups in total. The zero-order chi connectivity index (χ0) is 19.8. The second kappa shape index (κ2) is 9.52. The second-order valence-corrected chi connectivity index (χ2v) is 6.09. The minimum Gasteiger partial charge on any atom is -0.376 e. The van der Waals surface area contributed by atoms with E-state index in [2.05, 4.69) is 10.6 Å². The van der Waals surface area contributed by atoms with Crippen LogP contribution in [0.1, 0.15) is 41.5 Å². The molecule has 2 aromatic rings. The summed E-state index contributed by atoms with van der Waals surface area (Å²) in [5, 5.41) is 5.77. The first kappa shape index (κ1) is 20.2. The maximum atomic E-state index is 12.3. The maximum absolute atomic E-state index is 12.3. The number of carbonyl (C=O) groups is 3. The molecule has 0 saturated carbocycles. The molecule has 6 heteroatoms. The number of rotatable bonds is 8. The van der Waals surface area contributed by atoms with Gasteiger partial charge in [0.15, 0.2) is 5.78 Å². The van der Waals surface area contributed by atoms with Crippen molar-refractivity contribution in [1.82, 2.24) is 4.90 Å². The molecule has 0 unspecified atom stereocenters. The molecule has 0 spiro atoms. The molecule has 0 fully saturated rings. The second-order valence-electron chi connectivity index (χ2n) is 6.09. The highest BCUT2D eigenvalue weighted by Crippen LogP contribution is 2.13. The number of hydrogen-bond acceptors (Lipinski definition) is 4. The molecular weight excluding hydrogens is 342 g/mol. The van der Waals surface area contributed by atoms with Crippen LogP contribution in [-0.2, 0) is 4.79 Å². The number of benzene rings is 2. The summed E-state index contributed by atoms with van der Waals surface area (Å²) >= 11 is 0. The number of anilines is 2. The Hall–Kier alpha value is -3.15. The highest BCUT2D eigenvalue weighted by molar-refractivity contribution is 5.97. The average molecular weight is 367 g/mol. The van der Waals surface area contributed by atoms with Crippen LogP contribution < -0.4 is 10.6 Å². The molecule has 6 nitrogen and oxygen atoms in total. The molecule has 0 aliphatic rings. The van der Waals surface area contributed by atoms with E-state index in [1.807, 2.05) is 13.8 Å². The van der Waals surface area contributed by atoms with E-state index in [1.165, 1.54) is 6.92 Å². The lowest BCUT2D eigenvalue weighted by Crippen LogP contribution is -2.30. The van der Waals surface area contributed by atoms with Gasteiger partial charge < -0.3 is 15.5 Å². The van der Waals surface area contributed by atoms with Crippen molar-refractivity contribution in [3.8, 4) is 0 Å². The third-order valence-corrected chi connectivity index (χ3v) is 4.19. The monoisotopic (exact) mass is 367 g/mol. The molecule has 142 valence electrons. The Kier molecular flexibility index (Phi) is 7.11. The number of carbonyl (C=O) groups excluding carboxylic acids is 3. The molecule has 0 aliphatic heterocycles. The summed E-state index contributed by atoms with van der Waals surface area (Å²) in [5.74, 6) is -0.265. The Morgan fingerprint density at radius 3 is 2.15 bits per heavy atom. The van der Waals surface area contributed by atoms with Crippen LogP contribution in [0.4, 0.5) is 11.4 Å². The molecule has 0 atom stereocenters. The maximum Gasteiger partial charge on any atom is 0.253 e. The molecule has 27 heavy (non-hydrogen) atoms. The molecule has 0 heterocycles. The third kappa shape index (κ3) is 5.67. The van der Waals surface area contributed by atoms with E-state index in [1.54, 1.807) is 53.4 Å². The first-order valence-electron chi connectivity index (χ1n) is 8.98. The van der Waals surface area contributed by atoms with Gasteiger partial charge in [-0.1, -0.05) is 12.1 Å². The van der Waals surface area contributed by atoms with Gasteiger partial charge in [-0.25, -0.2) is 0 Å². The van der Waals surface area contributed by atoms with Gasteiger partial charge in [0.2, 0.25) is 5.91 Å². The van der Waals surface area contributed by atoms with Gasteiger partial charge in [-0.2, -0.15) is 0 Å². The van der Waals surface area contributed by atoms with Gasteiger partial charge in [0.25, 0.3) is 5.91 Å². The number of Topliss-reactive ketones (excluding diaryl/α,β-unsaturated/α-hetero) is 1. The smallest absolute Gasteiger partial charge is 0.253 e. The summed E-state index contributed by atoms with van der Waals surface area (Å²) in [4.78, 5) is 37.5. The number of ketones is 1. The molecule has 0 bridgehead atoms. The van der Waals surface area contributed by atoms with Crippen LogP contribution in [0.5, 0.6) is 0 Å². The van der Waals surface area contributed by atoms with Gasteiger partial charge in [-0.15, -0.1) is 0 Å². The number of nitrogens with one attached hydrogen (secondary N) is 2. The number of hydrogen-bond donors (Lipinski definition) is 2. The Morgan fingerprint density at radius 1 is 0.889 bits per heavy atom. The molecular formula is C21H25N3O3. The SMILES string of the molecule is CCN(CC)C(=O)c1ccc(NC(=O)CNc2cccc(C(C)=O)c2)cc1. The lowest BCUT2D eigenvalue weighted by Gasteiger charge is -2.18. The highest BCUT2D eigenvalue weighted by atomic mass is 16.2. The Balaban J connectivity index is 1.91. The molecule has 2 aromatic carbocycles. The van der Waals surface area contributed by atoms with Crippen molar-refractivity contribution in [1.29, 1.82) is 0 Å². The van der Waals surface area contributed by atoms with Crippen molar-refractivity contribution < 1.29 is 14.4 Å². The summed E-state index contributed by atoms with van der Waals surface area (Å²) < 4.78 is 0. The summed E-state index contributed by atoms with van der Waals surface area (Å²) in [6.45, 7) is 6.76. The minimum atomic E-state index is -0.217. The fourth-order valence-electron chi connectivity index (χ4n) is 2.63. The first-order valence-corrected chi connectivity index (χ1v) is 8.98. The molecule has 0 aliphatic carbocycles. The lowest BCUT2D eigenvalue weighted by molar-refractivity contribution is -0.114. The van der Waals surface area contributed by atoms with E-state index < -0.39 is 0 Å². The zero-order valence-corrected chi connectivity index (χ0v) is 15.9. The molecule has 0 saturated heterocycles. The molecule has 2 amide bonds. The highest BCUT2D eigenvalue weighted by Gasteiger charge is 2.12. The van der Waals surface area contributed by atoms with Crippen LogP contribution in [0.15, 0.2) is 48.5 Å². The molecule has 2 rings (SSSR count). The normalized spacial score (nSPS) is 10.2. The Labute approximate surface area is 159 Å². The van der Waals surface area contributed by atoms with E-state index in [9.17, 15) is 14.4 Å². The van der Waals surface area contributed by atoms with Crippen molar-refractivity contribution in [2.45, 2.75) is 20.8 Å². The van der Waals surface area contributed by atoms with Gasteiger partial charge in [0.05, 0.1) is 6.54 Å². The molecule has 0 aromatic heterocycles. The van der Waals surface area contributed by atoms with Gasteiger partial charge in [-0.05, 0) is 57.2 Å². The van der Waals surface area contributed by atoms with Gasteiger partial charge in [0, 0.05) is 35.6 Å². The van der Waals surface area contributed by atoms with Crippen LogP contribution in [0.3, 0.4) is 0 Å². The van der Waals surface area contributed by atoms with Crippen LogP contribution >= 0.6 is 0 Å². The molecule has 0 radical (unpaired) electrons. The van der Waals surface area contributed by atoms with Crippen molar-refractivity contribution in [2.24, 2.45) is 0 Å². The quantitative estimate of drug-likeness (QED) is 0.701. The minimum absolute atomic E-state index is 0.0232. The van der Waals surface area contributed by atoms with Crippen molar-refractivity contribution in [3.05, 3.63) is 59.7 Å². The topological polar surface area (TPSA) is 78.5 Å². The largest absolute Gasteiger partial charge is 0.376 e. The summed E-state index contributed by atoms with van der Waals surface area (Å²) in [7, 11) is 0. The standard InChI is InChI=1S/C21H25N3O3/c1-4-24(5-2)21(27)16-9-11-18(12-10-16)23-20(26)14-22-19-8-6-7-17(13-19)15(3)25/h6-13,22H,4-5,14H2,1-3H3,(H,23,26). The van der Waals surface area contributed by atoms with Gasteiger partial charge in [-0.3, -0.25) is 14.4 Å². The van der Waals surface area contributed by atoms with E-state index in [0.29, 0.717) is 35.6 Å². The van der Waals surface area contributed by atoms with Crippen LogP contribution in [0.25, 0.3) is 0 Å². The van der Waals surface area contributed by atoms with Crippen molar-refractivity contribution in [3.63, 3.8) is 0 Å². The van der Waals surface area contributed by atoms with E-state index >= 15 is 0 Å².